The zero-order valence-corrected chi connectivity index (χ0v) is 12.2. The van der Waals surface area contributed by atoms with E-state index >= 15 is 0 Å². The topological polar surface area (TPSA) is 34.1 Å². The summed E-state index contributed by atoms with van der Waals surface area (Å²) >= 11 is 0. The first kappa shape index (κ1) is 18.1. The Morgan fingerprint density at radius 1 is 0.867 bits per heavy atom. The monoisotopic (exact) mass is 328 g/mol. The molecule has 0 saturated heterocycles. The Balaban J connectivity index is 0. The van der Waals surface area contributed by atoms with Crippen molar-refractivity contribution in [1.82, 2.24) is 0 Å². The number of hydrogen-bond acceptors (Lipinski definition) is 2. The predicted molar refractivity (Wildman–Crippen MR) is 70.9 cm³/mol. The van der Waals surface area contributed by atoms with Crippen molar-refractivity contribution in [3.05, 3.63) is 35.9 Å². The molecule has 0 aliphatic heterocycles. The van der Waals surface area contributed by atoms with Gasteiger partial charge in [-0.1, -0.05) is 35.9 Å². The van der Waals surface area contributed by atoms with E-state index in [-0.39, 0.29) is 0 Å². The standard InChI is InChI=1S/C7H8.2Cl2OS/c1-7-5-3-2-4-6-7;2*1-4(2)3/h2-6H,1H3;;. The van der Waals surface area contributed by atoms with Crippen molar-refractivity contribution in [3.8, 4) is 0 Å². The fourth-order valence-corrected chi connectivity index (χ4v) is 0.534. The van der Waals surface area contributed by atoms with E-state index in [1.807, 2.05) is 18.2 Å². The molecule has 0 aliphatic rings. The maximum Gasteiger partial charge on any atom is 0.211 e. The Morgan fingerprint density at radius 3 is 1.27 bits per heavy atom. The molecule has 0 N–H and O–H groups in total. The number of rotatable bonds is 0. The Bertz CT molecular complexity index is 274. The van der Waals surface area contributed by atoms with E-state index in [4.69, 9.17) is 8.42 Å². The van der Waals surface area contributed by atoms with E-state index < -0.39 is 18.5 Å². The van der Waals surface area contributed by atoms with Crippen molar-refractivity contribution in [2.75, 3.05) is 0 Å². The van der Waals surface area contributed by atoms with Gasteiger partial charge < -0.3 is 0 Å². The minimum Gasteiger partial charge on any atom is -0.225 e. The molecular weight excluding hydrogens is 322 g/mol. The fraction of sp³-hybridized carbons (Fsp3) is 0.143. The summed E-state index contributed by atoms with van der Waals surface area (Å²) in [6.45, 7) is 2.08. The molecule has 0 unspecified atom stereocenters. The molecule has 0 aromatic heterocycles. The summed E-state index contributed by atoms with van der Waals surface area (Å²) in [6, 6.07) is 10.3. The minimum absolute atomic E-state index is 1.32. The second-order valence-corrected chi connectivity index (χ2v) is 7.07. The van der Waals surface area contributed by atoms with Crippen LogP contribution in [0.2, 0.25) is 0 Å². The van der Waals surface area contributed by atoms with Gasteiger partial charge in [-0.15, -0.1) is 0 Å². The molecule has 0 fully saturated rings. The second kappa shape index (κ2) is 12.7. The molecule has 0 bridgehead atoms. The molecule has 1 rings (SSSR count). The molecule has 15 heavy (non-hydrogen) atoms. The molecule has 88 valence electrons. The molecular formula is C7H8Cl4O2S2. The van der Waals surface area contributed by atoms with Crippen molar-refractivity contribution in [2.45, 2.75) is 6.92 Å². The highest BCUT2D eigenvalue weighted by Crippen LogP contribution is 1.92. The summed E-state index contributed by atoms with van der Waals surface area (Å²) in [4.78, 5) is 0. The normalized spacial score (nSPS) is 8.73. The van der Waals surface area contributed by atoms with E-state index in [0.717, 1.165) is 0 Å². The quantitative estimate of drug-likeness (QED) is 0.672. The summed E-state index contributed by atoms with van der Waals surface area (Å²) in [5.41, 5.74) is 1.32. The van der Waals surface area contributed by atoms with Gasteiger partial charge in [-0.05, 0) is 6.92 Å². The number of aryl methyl sites for hydroxylation is 1. The molecule has 0 amide bonds. The van der Waals surface area contributed by atoms with Gasteiger partial charge in [0.15, 0.2) is 0 Å². The van der Waals surface area contributed by atoms with E-state index in [9.17, 15) is 0 Å². The molecule has 0 heterocycles. The van der Waals surface area contributed by atoms with Crippen molar-refractivity contribution in [1.29, 1.82) is 0 Å². The highest BCUT2D eigenvalue weighted by molar-refractivity contribution is 8.27. The van der Waals surface area contributed by atoms with E-state index in [2.05, 4.69) is 61.8 Å². The highest BCUT2D eigenvalue weighted by atomic mass is 36.0. The molecule has 0 radical (unpaired) electrons. The van der Waals surface area contributed by atoms with Crippen LogP contribution in [0.15, 0.2) is 30.3 Å². The lowest BCUT2D eigenvalue weighted by Crippen LogP contribution is -1.62. The summed E-state index contributed by atoms with van der Waals surface area (Å²) in [5.74, 6) is 0. The van der Waals surface area contributed by atoms with Crippen LogP contribution in [0.3, 0.4) is 0 Å². The van der Waals surface area contributed by atoms with Gasteiger partial charge in [-0.3, -0.25) is 0 Å². The Hall–Kier alpha value is 0.680. The van der Waals surface area contributed by atoms with E-state index in [1.54, 1.807) is 0 Å². The first-order valence-electron chi connectivity index (χ1n) is 3.36. The fourth-order valence-electron chi connectivity index (χ4n) is 0.534. The summed E-state index contributed by atoms with van der Waals surface area (Å²) < 4.78 is 18.2. The minimum atomic E-state index is -1.67. The highest BCUT2D eigenvalue weighted by Gasteiger charge is 1.72. The summed E-state index contributed by atoms with van der Waals surface area (Å²) in [6.07, 6.45) is 0. The largest absolute Gasteiger partial charge is 0.225 e. The zero-order chi connectivity index (χ0) is 12.3. The number of hydrogen-bond donors (Lipinski definition) is 0. The van der Waals surface area contributed by atoms with Crippen LogP contribution in [0.5, 0.6) is 0 Å². The lowest BCUT2D eigenvalue weighted by atomic mass is 10.2. The van der Waals surface area contributed by atoms with Crippen molar-refractivity contribution in [3.63, 3.8) is 0 Å². The smallest absolute Gasteiger partial charge is 0.211 e. The van der Waals surface area contributed by atoms with Gasteiger partial charge in [-0.25, -0.2) is 8.42 Å². The molecule has 0 aliphatic carbocycles. The first-order chi connectivity index (χ1) is 6.86. The number of halogens is 4. The lowest BCUT2D eigenvalue weighted by Gasteiger charge is -1.82. The van der Waals surface area contributed by atoms with Crippen LogP contribution in [0.1, 0.15) is 5.56 Å². The maximum absolute atomic E-state index is 9.09. The Labute approximate surface area is 112 Å². The van der Waals surface area contributed by atoms with Crippen molar-refractivity contribution < 1.29 is 8.42 Å². The van der Waals surface area contributed by atoms with Crippen LogP contribution in [-0.4, -0.2) is 8.42 Å². The van der Waals surface area contributed by atoms with Crippen LogP contribution < -0.4 is 0 Å². The van der Waals surface area contributed by atoms with Gasteiger partial charge in [0.05, 0.1) is 0 Å². The van der Waals surface area contributed by atoms with Crippen LogP contribution >= 0.6 is 42.7 Å². The van der Waals surface area contributed by atoms with Gasteiger partial charge in [0.25, 0.3) is 0 Å². The Morgan fingerprint density at radius 2 is 1.13 bits per heavy atom. The van der Waals surface area contributed by atoms with Crippen LogP contribution in [-0.2, 0) is 18.5 Å². The van der Waals surface area contributed by atoms with Crippen LogP contribution in [0.25, 0.3) is 0 Å². The molecule has 1 aromatic carbocycles. The van der Waals surface area contributed by atoms with E-state index in [1.165, 1.54) is 5.56 Å². The van der Waals surface area contributed by atoms with Crippen LogP contribution in [0, 0.1) is 6.92 Å². The third-order valence-corrected chi connectivity index (χ3v) is 0.940. The second-order valence-electron chi connectivity index (χ2n) is 2.02. The van der Waals surface area contributed by atoms with Gasteiger partial charge in [0, 0.05) is 42.7 Å². The molecule has 0 spiro atoms. The van der Waals surface area contributed by atoms with Gasteiger partial charge in [0.1, 0.15) is 0 Å². The molecule has 1 aromatic rings. The summed E-state index contributed by atoms with van der Waals surface area (Å²) in [5, 5.41) is 0. The van der Waals surface area contributed by atoms with Crippen LogP contribution in [0.4, 0.5) is 0 Å². The maximum atomic E-state index is 9.09. The van der Waals surface area contributed by atoms with Gasteiger partial charge >= 0.3 is 0 Å². The average molecular weight is 330 g/mol. The third-order valence-electron chi connectivity index (χ3n) is 0.940. The number of benzene rings is 1. The lowest BCUT2D eigenvalue weighted by molar-refractivity contribution is 0.697. The van der Waals surface area contributed by atoms with E-state index in [0.29, 0.717) is 0 Å². The molecule has 8 heteroatoms. The molecule has 0 atom stereocenters. The molecule has 2 nitrogen and oxygen atoms in total. The third kappa shape index (κ3) is 31.3. The Kier molecular flexibility index (Phi) is 15.3. The average Bonchev–Trinajstić information content (AvgIpc) is 2.03. The zero-order valence-electron chi connectivity index (χ0n) is 7.53. The summed E-state index contributed by atoms with van der Waals surface area (Å²) in [7, 11) is 14.7. The predicted octanol–water partition coefficient (Wildman–Crippen LogP) is 4.08. The molecule has 0 saturated carbocycles. The first-order valence-corrected chi connectivity index (χ1v) is 8.97. The van der Waals surface area contributed by atoms with Crippen molar-refractivity contribution >= 4 is 61.2 Å². The van der Waals surface area contributed by atoms with Crippen molar-refractivity contribution in [2.24, 2.45) is 0 Å². The van der Waals surface area contributed by atoms with Gasteiger partial charge in [0.2, 0.25) is 18.5 Å². The SMILES string of the molecule is Cc1ccccc1.O=S(Cl)Cl.O=S(Cl)Cl. The van der Waals surface area contributed by atoms with Gasteiger partial charge in [-0.2, -0.15) is 0 Å².